The van der Waals surface area contributed by atoms with E-state index in [-0.39, 0.29) is 23.4 Å². The van der Waals surface area contributed by atoms with Gasteiger partial charge in [-0.25, -0.2) is 4.79 Å². The standard InChI is InChI=1S/C18H17Cl2N3O3/c1-26-13-5-2-4-12(9-13)23-10-11(8-16(23)24)21-18(25)22-15-7-3-6-14(19)17(15)20/h2-7,9,11H,8,10H2,1H3,(H2,21,22,25)/t11-/m0/s1. The molecule has 3 rings (SSSR count). The van der Waals surface area contributed by atoms with E-state index in [1.165, 1.54) is 0 Å². The van der Waals surface area contributed by atoms with Crippen molar-refractivity contribution in [2.75, 3.05) is 23.9 Å². The maximum atomic E-state index is 12.3. The van der Waals surface area contributed by atoms with Gasteiger partial charge in [0, 0.05) is 24.7 Å². The van der Waals surface area contributed by atoms with Gasteiger partial charge >= 0.3 is 6.03 Å². The highest BCUT2D eigenvalue weighted by atomic mass is 35.5. The number of benzene rings is 2. The Hall–Kier alpha value is -2.44. The minimum absolute atomic E-state index is 0.0654. The van der Waals surface area contributed by atoms with Gasteiger partial charge in [0.15, 0.2) is 0 Å². The van der Waals surface area contributed by atoms with Crippen LogP contribution in [0, 0.1) is 0 Å². The molecule has 1 saturated heterocycles. The van der Waals surface area contributed by atoms with Gasteiger partial charge in [0.05, 0.1) is 28.9 Å². The second kappa shape index (κ2) is 7.85. The first-order chi connectivity index (χ1) is 12.5. The molecule has 1 fully saturated rings. The summed E-state index contributed by atoms with van der Waals surface area (Å²) in [6.45, 7) is 0.378. The summed E-state index contributed by atoms with van der Waals surface area (Å²) in [4.78, 5) is 26.1. The molecule has 0 spiro atoms. The van der Waals surface area contributed by atoms with Gasteiger partial charge in [0.1, 0.15) is 5.75 Å². The fourth-order valence-electron chi connectivity index (χ4n) is 2.78. The van der Waals surface area contributed by atoms with Crippen LogP contribution in [0.2, 0.25) is 10.0 Å². The summed E-state index contributed by atoms with van der Waals surface area (Å²) in [5, 5.41) is 6.06. The van der Waals surface area contributed by atoms with E-state index >= 15 is 0 Å². The van der Waals surface area contributed by atoms with Crippen molar-refractivity contribution in [2.45, 2.75) is 12.5 Å². The lowest BCUT2D eigenvalue weighted by atomic mass is 10.2. The van der Waals surface area contributed by atoms with Crippen molar-refractivity contribution < 1.29 is 14.3 Å². The van der Waals surface area contributed by atoms with E-state index in [1.807, 2.05) is 18.2 Å². The van der Waals surface area contributed by atoms with Crippen molar-refractivity contribution in [1.82, 2.24) is 5.32 Å². The number of urea groups is 1. The van der Waals surface area contributed by atoms with E-state index in [1.54, 1.807) is 36.3 Å². The molecular formula is C18H17Cl2N3O3. The predicted molar refractivity (Wildman–Crippen MR) is 102 cm³/mol. The summed E-state index contributed by atoms with van der Waals surface area (Å²) in [6, 6.07) is 11.4. The van der Waals surface area contributed by atoms with Crippen LogP contribution >= 0.6 is 23.2 Å². The summed E-state index contributed by atoms with van der Waals surface area (Å²) in [5.41, 5.74) is 1.14. The van der Waals surface area contributed by atoms with Gasteiger partial charge in [0.2, 0.25) is 5.91 Å². The van der Waals surface area contributed by atoms with Crippen molar-refractivity contribution in [3.63, 3.8) is 0 Å². The first-order valence-corrected chi connectivity index (χ1v) is 8.69. The average Bonchev–Trinajstić information content (AvgIpc) is 2.99. The monoisotopic (exact) mass is 393 g/mol. The van der Waals surface area contributed by atoms with Crippen LogP contribution < -0.4 is 20.3 Å². The fraction of sp³-hybridized carbons (Fsp3) is 0.222. The molecule has 0 unspecified atom stereocenters. The minimum Gasteiger partial charge on any atom is -0.497 e. The Bertz CT molecular complexity index is 844. The summed E-state index contributed by atoms with van der Waals surface area (Å²) in [6.07, 6.45) is 0.216. The van der Waals surface area contributed by atoms with Crippen molar-refractivity contribution in [2.24, 2.45) is 0 Å². The Morgan fingerprint density at radius 3 is 2.77 bits per heavy atom. The van der Waals surface area contributed by atoms with Gasteiger partial charge in [-0.15, -0.1) is 0 Å². The predicted octanol–water partition coefficient (Wildman–Crippen LogP) is 3.93. The lowest BCUT2D eigenvalue weighted by Gasteiger charge is -2.18. The van der Waals surface area contributed by atoms with E-state index in [4.69, 9.17) is 27.9 Å². The van der Waals surface area contributed by atoms with Gasteiger partial charge in [-0.1, -0.05) is 35.3 Å². The Labute approximate surface area is 161 Å². The summed E-state index contributed by atoms with van der Waals surface area (Å²) in [7, 11) is 1.57. The number of anilines is 2. The molecule has 0 aliphatic carbocycles. The average molecular weight is 394 g/mol. The maximum absolute atomic E-state index is 12.3. The minimum atomic E-state index is -0.445. The van der Waals surface area contributed by atoms with Crippen LogP contribution in [0.25, 0.3) is 0 Å². The molecule has 2 aromatic rings. The molecule has 2 aromatic carbocycles. The molecule has 1 aliphatic rings. The van der Waals surface area contributed by atoms with E-state index in [0.29, 0.717) is 23.0 Å². The first kappa shape index (κ1) is 18.4. The van der Waals surface area contributed by atoms with Gasteiger partial charge in [0.25, 0.3) is 0 Å². The molecule has 26 heavy (non-hydrogen) atoms. The normalized spacial score (nSPS) is 16.5. The fourth-order valence-corrected chi connectivity index (χ4v) is 3.12. The second-order valence-corrected chi connectivity index (χ2v) is 6.59. The molecule has 0 radical (unpaired) electrons. The topological polar surface area (TPSA) is 70.7 Å². The molecule has 1 atom stereocenters. The number of methoxy groups -OCH3 is 1. The maximum Gasteiger partial charge on any atom is 0.319 e. The number of carbonyl (C=O) groups excluding carboxylic acids is 2. The van der Waals surface area contributed by atoms with Crippen molar-refractivity contribution in [3.8, 4) is 5.75 Å². The third-order valence-electron chi connectivity index (χ3n) is 4.03. The number of rotatable bonds is 4. The van der Waals surface area contributed by atoms with Gasteiger partial charge in [-0.3, -0.25) is 4.79 Å². The SMILES string of the molecule is COc1cccc(N2C[C@@H](NC(=O)Nc3cccc(Cl)c3Cl)CC2=O)c1. The van der Waals surface area contributed by atoms with Crippen LogP contribution in [0.5, 0.6) is 5.75 Å². The zero-order chi connectivity index (χ0) is 18.7. The van der Waals surface area contributed by atoms with Gasteiger partial charge in [-0.2, -0.15) is 0 Å². The van der Waals surface area contributed by atoms with Crippen LogP contribution in [-0.2, 0) is 4.79 Å². The molecule has 136 valence electrons. The zero-order valence-corrected chi connectivity index (χ0v) is 15.5. The van der Waals surface area contributed by atoms with E-state index < -0.39 is 6.03 Å². The number of nitrogens with zero attached hydrogens (tertiary/aromatic N) is 1. The number of halogens is 2. The number of ether oxygens (including phenoxy) is 1. The molecule has 0 bridgehead atoms. The highest BCUT2D eigenvalue weighted by Gasteiger charge is 2.31. The molecule has 2 N–H and O–H groups in total. The summed E-state index contributed by atoms with van der Waals surface area (Å²) < 4.78 is 5.19. The number of hydrogen-bond donors (Lipinski definition) is 2. The molecule has 6 nitrogen and oxygen atoms in total. The van der Waals surface area contributed by atoms with Crippen LogP contribution in [-0.4, -0.2) is 31.6 Å². The third-order valence-corrected chi connectivity index (χ3v) is 4.84. The zero-order valence-electron chi connectivity index (χ0n) is 14.0. The largest absolute Gasteiger partial charge is 0.497 e. The van der Waals surface area contributed by atoms with Crippen molar-refractivity contribution in [1.29, 1.82) is 0 Å². The second-order valence-electron chi connectivity index (χ2n) is 5.81. The highest BCUT2D eigenvalue weighted by Crippen LogP contribution is 2.29. The van der Waals surface area contributed by atoms with Gasteiger partial charge < -0.3 is 20.3 Å². The Morgan fingerprint density at radius 1 is 1.23 bits per heavy atom. The molecule has 3 amide bonds. The molecule has 0 saturated carbocycles. The van der Waals surface area contributed by atoms with Crippen LogP contribution in [0.4, 0.5) is 16.2 Å². The number of nitrogens with one attached hydrogen (secondary N) is 2. The highest BCUT2D eigenvalue weighted by molar-refractivity contribution is 6.43. The van der Waals surface area contributed by atoms with Gasteiger partial charge in [-0.05, 0) is 24.3 Å². The molecule has 8 heteroatoms. The van der Waals surface area contributed by atoms with E-state index in [2.05, 4.69) is 10.6 Å². The smallest absolute Gasteiger partial charge is 0.319 e. The quantitative estimate of drug-likeness (QED) is 0.826. The summed E-state index contributed by atoms with van der Waals surface area (Å²) >= 11 is 12.0. The molecule has 0 aromatic heterocycles. The number of hydrogen-bond acceptors (Lipinski definition) is 3. The Kier molecular flexibility index (Phi) is 5.54. The van der Waals surface area contributed by atoms with E-state index in [0.717, 1.165) is 5.69 Å². The lowest BCUT2D eigenvalue weighted by molar-refractivity contribution is -0.117. The van der Waals surface area contributed by atoms with Crippen LogP contribution in [0.1, 0.15) is 6.42 Å². The van der Waals surface area contributed by atoms with Crippen molar-refractivity contribution in [3.05, 3.63) is 52.5 Å². The number of amides is 3. The Balaban J connectivity index is 1.63. The molecule has 1 heterocycles. The summed E-state index contributed by atoms with van der Waals surface area (Å²) in [5.74, 6) is 0.601. The Morgan fingerprint density at radius 2 is 2.00 bits per heavy atom. The molecular weight excluding hydrogens is 377 g/mol. The number of carbonyl (C=O) groups is 2. The van der Waals surface area contributed by atoms with Crippen LogP contribution in [0.15, 0.2) is 42.5 Å². The third kappa shape index (κ3) is 4.03. The van der Waals surface area contributed by atoms with Crippen LogP contribution in [0.3, 0.4) is 0 Å². The van der Waals surface area contributed by atoms with Crippen molar-refractivity contribution >= 4 is 46.5 Å². The lowest BCUT2D eigenvalue weighted by Crippen LogP contribution is -2.39. The first-order valence-electron chi connectivity index (χ1n) is 7.94. The molecule has 1 aliphatic heterocycles. The van der Waals surface area contributed by atoms with E-state index in [9.17, 15) is 9.59 Å².